The SMILES string of the molecule is C[C@H]1Cc2noc(-c3cn(C)nn3)c2CN1C(=O)Nc1cc(F)c(F)c(F)c1. The number of amides is 2. The molecule has 2 aromatic heterocycles. The Hall–Kier alpha value is -3.37. The van der Waals surface area contributed by atoms with Crippen molar-refractivity contribution in [1.29, 1.82) is 0 Å². The largest absolute Gasteiger partial charge is 0.354 e. The average molecular weight is 392 g/mol. The third-order valence-electron chi connectivity index (χ3n) is 4.55. The highest BCUT2D eigenvalue weighted by atomic mass is 19.2. The van der Waals surface area contributed by atoms with Gasteiger partial charge in [0.15, 0.2) is 28.9 Å². The van der Waals surface area contributed by atoms with Gasteiger partial charge in [0.05, 0.1) is 18.4 Å². The molecule has 0 spiro atoms. The standard InChI is InChI=1S/C17H15F3N6O2/c1-8-3-13-10(16(28-23-13)14-7-25(2)24-22-14)6-26(8)17(27)21-9-4-11(18)15(20)12(19)5-9/h4-5,7-8H,3,6H2,1-2H3,(H,21,27)/t8-/m0/s1. The second-order valence-electron chi connectivity index (χ2n) is 6.58. The number of halogens is 3. The summed E-state index contributed by atoms with van der Waals surface area (Å²) < 4.78 is 46.8. The van der Waals surface area contributed by atoms with Crippen molar-refractivity contribution in [3.05, 3.63) is 47.0 Å². The van der Waals surface area contributed by atoms with E-state index in [1.807, 2.05) is 6.92 Å². The third kappa shape index (κ3) is 3.08. The molecule has 8 nitrogen and oxygen atoms in total. The van der Waals surface area contributed by atoms with Gasteiger partial charge < -0.3 is 14.7 Å². The zero-order chi connectivity index (χ0) is 20.0. The topological polar surface area (TPSA) is 89.1 Å². The molecule has 3 aromatic rings. The van der Waals surface area contributed by atoms with Crippen molar-refractivity contribution in [3.8, 4) is 11.5 Å². The van der Waals surface area contributed by atoms with Crippen molar-refractivity contribution in [2.45, 2.75) is 25.9 Å². The number of hydrogen-bond donors (Lipinski definition) is 1. The van der Waals surface area contributed by atoms with Gasteiger partial charge in [0.25, 0.3) is 0 Å². The molecule has 28 heavy (non-hydrogen) atoms. The average Bonchev–Trinajstić information content (AvgIpc) is 3.24. The summed E-state index contributed by atoms with van der Waals surface area (Å²) in [5.74, 6) is -3.94. The summed E-state index contributed by atoms with van der Waals surface area (Å²) in [5, 5.41) is 14.3. The van der Waals surface area contributed by atoms with E-state index in [4.69, 9.17) is 4.52 Å². The summed E-state index contributed by atoms with van der Waals surface area (Å²) >= 11 is 0. The molecule has 1 atom stereocenters. The number of aryl methyl sites for hydroxylation is 1. The van der Waals surface area contributed by atoms with E-state index in [0.29, 0.717) is 29.1 Å². The Morgan fingerprint density at radius 2 is 2.00 bits per heavy atom. The second-order valence-corrected chi connectivity index (χ2v) is 6.58. The number of fused-ring (bicyclic) bond motifs is 1. The van der Waals surface area contributed by atoms with Crippen molar-refractivity contribution in [2.24, 2.45) is 7.05 Å². The van der Waals surface area contributed by atoms with Gasteiger partial charge in [-0.05, 0) is 6.92 Å². The van der Waals surface area contributed by atoms with Crippen LogP contribution in [0.4, 0.5) is 23.7 Å². The van der Waals surface area contributed by atoms with Crippen molar-refractivity contribution in [3.63, 3.8) is 0 Å². The molecule has 2 amide bonds. The van der Waals surface area contributed by atoms with Crippen molar-refractivity contribution in [1.82, 2.24) is 25.1 Å². The predicted molar refractivity (Wildman–Crippen MR) is 90.5 cm³/mol. The minimum Gasteiger partial charge on any atom is -0.354 e. The van der Waals surface area contributed by atoms with E-state index in [0.717, 1.165) is 12.1 Å². The molecule has 0 radical (unpaired) electrons. The summed E-state index contributed by atoms with van der Waals surface area (Å²) in [6.45, 7) is 1.97. The Morgan fingerprint density at radius 1 is 1.29 bits per heavy atom. The number of rotatable bonds is 2. The van der Waals surface area contributed by atoms with Gasteiger partial charge in [-0.15, -0.1) is 5.10 Å². The maximum Gasteiger partial charge on any atom is 0.322 e. The highest BCUT2D eigenvalue weighted by Gasteiger charge is 2.33. The summed E-state index contributed by atoms with van der Waals surface area (Å²) in [4.78, 5) is 14.1. The highest BCUT2D eigenvalue weighted by Crippen LogP contribution is 2.31. The summed E-state index contributed by atoms with van der Waals surface area (Å²) in [7, 11) is 1.71. The number of benzene rings is 1. The number of anilines is 1. The first-order chi connectivity index (χ1) is 13.3. The maximum absolute atomic E-state index is 13.4. The molecule has 0 unspecified atom stereocenters. The van der Waals surface area contributed by atoms with Crippen LogP contribution >= 0.6 is 0 Å². The number of urea groups is 1. The Balaban J connectivity index is 1.58. The highest BCUT2D eigenvalue weighted by molar-refractivity contribution is 5.89. The lowest BCUT2D eigenvalue weighted by molar-refractivity contribution is 0.182. The molecular formula is C17H15F3N6O2. The molecule has 1 aliphatic heterocycles. The van der Waals surface area contributed by atoms with Crippen molar-refractivity contribution < 1.29 is 22.5 Å². The minimum atomic E-state index is -1.59. The van der Waals surface area contributed by atoms with Gasteiger partial charge in [-0.2, -0.15) is 0 Å². The summed E-state index contributed by atoms with van der Waals surface area (Å²) in [6, 6.07) is 0.610. The fraction of sp³-hybridized carbons (Fsp3) is 0.294. The molecule has 1 aromatic carbocycles. The molecule has 0 bridgehead atoms. The van der Waals surface area contributed by atoms with Crippen LogP contribution in [0.1, 0.15) is 18.2 Å². The van der Waals surface area contributed by atoms with E-state index in [2.05, 4.69) is 20.8 Å². The van der Waals surface area contributed by atoms with Crippen molar-refractivity contribution in [2.75, 3.05) is 5.32 Å². The lowest BCUT2D eigenvalue weighted by atomic mass is 9.99. The molecule has 0 fully saturated rings. The van der Waals surface area contributed by atoms with E-state index in [9.17, 15) is 18.0 Å². The fourth-order valence-electron chi connectivity index (χ4n) is 3.13. The first-order valence-electron chi connectivity index (χ1n) is 8.39. The number of carbonyl (C=O) groups is 1. The summed E-state index contributed by atoms with van der Waals surface area (Å²) in [6.07, 6.45) is 2.09. The molecular weight excluding hydrogens is 377 g/mol. The van der Waals surface area contributed by atoms with Crippen LogP contribution < -0.4 is 5.32 Å². The van der Waals surface area contributed by atoms with Crippen LogP contribution in [0.2, 0.25) is 0 Å². The Labute approximate surface area is 156 Å². The smallest absolute Gasteiger partial charge is 0.322 e. The van der Waals surface area contributed by atoms with Crippen LogP contribution in [0.25, 0.3) is 11.5 Å². The van der Waals surface area contributed by atoms with Gasteiger partial charge >= 0.3 is 6.03 Å². The van der Waals surface area contributed by atoms with E-state index < -0.39 is 23.5 Å². The molecule has 0 aliphatic carbocycles. The van der Waals surface area contributed by atoms with Crippen LogP contribution in [0.15, 0.2) is 22.9 Å². The minimum absolute atomic E-state index is 0.157. The van der Waals surface area contributed by atoms with Gasteiger partial charge in [-0.1, -0.05) is 10.4 Å². The predicted octanol–water partition coefficient (Wildman–Crippen LogP) is 2.87. The first kappa shape index (κ1) is 18.0. The summed E-state index contributed by atoms with van der Waals surface area (Å²) in [5.41, 5.74) is 1.69. The normalized spacial score (nSPS) is 16.2. The molecule has 0 saturated heterocycles. The molecule has 1 aliphatic rings. The molecule has 1 N–H and O–H groups in total. The maximum atomic E-state index is 13.4. The molecule has 0 saturated carbocycles. The monoisotopic (exact) mass is 392 g/mol. The lowest BCUT2D eigenvalue weighted by Gasteiger charge is -2.32. The van der Waals surface area contributed by atoms with Gasteiger partial charge in [-0.25, -0.2) is 18.0 Å². The van der Waals surface area contributed by atoms with Crippen LogP contribution in [-0.2, 0) is 20.0 Å². The zero-order valence-electron chi connectivity index (χ0n) is 14.9. The quantitative estimate of drug-likeness (QED) is 0.678. The fourth-order valence-corrected chi connectivity index (χ4v) is 3.13. The molecule has 4 rings (SSSR count). The first-order valence-corrected chi connectivity index (χ1v) is 8.39. The molecule has 146 valence electrons. The van der Waals surface area contributed by atoms with Crippen LogP contribution in [0, 0.1) is 17.5 Å². The number of nitrogens with zero attached hydrogens (tertiary/aromatic N) is 5. The number of hydrogen-bond acceptors (Lipinski definition) is 5. The van der Waals surface area contributed by atoms with E-state index >= 15 is 0 Å². The van der Waals surface area contributed by atoms with E-state index in [-0.39, 0.29) is 18.3 Å². The Morgan fingerprint density at radius 3 is 2.64 bits per heavy atom. The van der Waals surface area contributed by atoms with Crippen LogP contribution in [0.3, 0.4) is 0 Å². The van der Waals surface area contributed by atoms with Crippen molar-refractivity contribution >= 4 is 11.7 Å². The molecule has 3 heterocycles. The third-order valence-corrected chi connectivity index (χ3v) is 4.55. The Bertz CT molecular complexity index is 1040. The second kappa shape index (κ2) is 6.66. The lowest BCUT2D eigenvalue weighted by Crippen LogP contribution is -2.44. The van der Waals surface area contributed by atoms with Gasteiger partial charge in [0.1, 0.15) is 0 Å². The number of carbonyl (C=O) groups excluding carboxylic acids is 1. The van der Waals surface area contributed by atoms with E-state index in [1.54, 1.807) is 13.2 Å². The van der Waals surface area contributed by atoms with Gasteiger partial charge in [0.2, 0.25) is 0 Å². The Kier molecular flexibility index (Phi) is 4.28. The molecule has 11 heteroatoms. The van der Waals surface area contributed by atoms with Gasteiger partial charge in [0, 0.05) is 42.9 Å². The zero-order valence-corrected chi connectivity index (χ0v) is 14.9. The van der Waals surface area contributed by atoms with E-state index in [1.165, 1.54) is 9.58 Å². The number of aromatic nitrogens is 4. The van der Waals surface area contributed by atoms with Crippen LogP contribution in [-0.4, -0.2) is 37.1 Å². The van der Waals surface area contributed by atoms with Gasteiger partial charge in [-0.3, -0.25) is 4.68 Å². The van der Waals surface area contributed by atoms with Crippen LogP contribution in [0.5, 0.6) is 0 Å². The number of nitrogens with one attached hydrogen (secondary N) is 1.